The number of amides is 1. The molecule has 0 fully saturated rings. The lowest BCUT2D eigenvalue weighted by molar-refractivity contribution is -0.121. The lowest BCUT2D eigenvalue weighted by Gasteiger charge is -2.26. The summed E-state index contributed by atoms with van der Waals surface area (Å²) in [5, 5.41) is 3.22. The molecule has 2 N–H and O–H groups in total. The van der Waals surface area contributed by atoms with E-state index < -0.39 is 21.1 Å². The van der Waals surface area contributed by atoms with E-state index in [0.29, 0.717) is 22.6 Å². The number of nitrogens with one attached hydrogen (secondary N) is 1. The molecule has 9 heteroatoms. The fraction of sp³-hybridized carbons (Fsp3) is 0.0526. The minimum atomic E-state index is -4.44. The summed E-state index contributed by atoms with van der Waals surface area (Å²) in [6, 6.07) is 16.9. The van der Waals surface area contributed by atoms with E-state index in [-0.39, 0.29) is 11.7 Å². The van der Waals surface area contributed by atoms with Crippen molar-refractivity contribution < 1.29 is 26.9 Å². The molecule has 3 aromatic rings. The number of carbonyl (C=O) groups is 1. The second-order valence-corrected chi connectivity index (χ2v) is 7.33. The fourth-order valence-corrected chi connectivity index (χ4v) is 3.40. The second-order valence-electron chi connectivity index (χ2n) is 5.98. The molecular weight excluding hydrogens is 384 g/mol. The van der Waals surface area contributed by atoms with Crippen LogP contribution in [0.5, 0.6) is 11.5 Å². The molecule has 2 aromatic carbocycles. The molecule has 142 valence electrons. The SMILES string of the molecule is O=C(N/N=C\c1ccc(S(=O)(=O)O)o1)C1c2ccccc2Oc2ccccc21. The zero-order valence-corrected chi connectivity index (χ0v) is 15.1. The summed E-state index contributed by atoms with van der Waals surface area (Å²) in [6.07, 6.45) is 1.14. The third kappa shape index (κ3) is 3.40. The zero-order valence-electron chi connectivity index (χ0n) is 14.3. The van der Waals surface area contributed by atoms with Crippen LogP contribution in [0.3, 0.4) is 0 Å². The van der Waals surface area contributed by atoms with Gasteiger partial charge >= 0.3 is 10.1 Å². The van der Waals surface area contributed by atoms with E-state index in [4.69, 9.17) is 13.7 Å². The Morgan fingerprint density at radius 3 is 2.18 bits per heavy atom. The molecule has 1 aliphatic rings. The number of nitrogens with zero attached hydrogens (tertiary/aromatic N) is 1. The van der Waals surface area contributed by atoms with Gasteiger partial charge in [-0.3, -0.25) is 9.35 Å². The van der Waals surface area contributed by atoms with Crippen molar-refractivity contribution >= 4 is 22.2 Å². The Morgan fingerprint density at radius 2 is 1.61 bits per heavy atom. The average molecular weight is 398 g/mol. The molecule has 0 saturated carbocycles. The van der Waals surface area contributed by atoms with E-state index in [2.05, 4.69) is 10.5 Å². The van der Waals surface area contributed by atoms with Gasteiger partial charge in [-0.1, -0.05) is 36.4 Å². The topological polar surface area (TPSA) is 118 Å². The molecule has 1 amide bonds. The molecule has 8 nitrogen and oxygen atoms in total. The highest BCUT2D eigenvalue weighted by molar-refractivity contribution is 7.85. The van der Waals surface area contributed by atoms with Gasteiger partial charge in [0.2, 0.25) is 5.09 Å². The number of fused-ring (bicyclic) bond motifs is 2. The number of ether oxygens (including phenoxy) is 1. The number of para-hydroxylation sites is 2. The van der Waals surface area contributed by atoms with Crippen molar-refractivity contribution in [3.63, 3.8) is 0 Å². The van der Waals surface area contributed by atoms with Crippen LogP contribution in [0.1, 0.15) is 22.8 Å². The first-order valence-corrected chi connectivity index (χ1v) is 9.63. The van der Waals surface area contributed by atoms with Crippen LogP contribution in [0, 0.1) is 0 Å². The maximum atomic E-state index is 12.8. The Balaban J connectivity index is 1.58. The summed E-state index contributed by atoms with van der Waals surface area (Å²) in [5.41, 5.74) is 3.85. The molecule has 1 aliphatic heterocycles. The average Bonchev–Trinajstić information content (AvgIpc) is 3.15. The van der Waals surface area contributed by atoms with Crippen molar-refractivity contribution in [2.45, 2.75) is 11.0 Å². The van der Waals surface area contributed by atoms with Gasteiger partial charge in [0.1, 0.15) is 17.3 Å². The molecule has 4 rings (SSSR count). The number of hydrogen-bond donors (Lipinski definition) is 2. The number of benzene rings is 2. The van der Waals surface area contributed by atoms with Crippen molar-refractivity contribution in [3.05, 3.63) is 77.6 Å². The zero-order chi connectivity index (χ0) is 19.7. The summed E-state index contributed by atoms with van der Waals surface area (Å²) >= 11 is 0. The molecular formula is C19H14N2O6S. The summed E-state index contributed by atoms with van der Waals surface area (Å²) in [5.74, 6) is 0.230. The van der Waals surface area contributed by atoms with Crippen LogP contribution >= 0.6 is 0 Å². The van der Waals surface area contributed by atoms with Gasteiger partial charge < -0.3 is 9.15 Å². The monoisotopic (exact) mass is 398 g/mol. The standard InChI is InChI=1S/C19H14N2O6S/c22-19(21-20-11-12-9-10-17(26-12)28(23,24)25)18-13-5-1-3-7-15(13)27-16-8-4-2-6-14(16)18/h1-11,18H,(H,21,22)(H,23,24,25)/b20-11-. The van der Waals surface area contributed by atoms with E-state index in [1.54, 1.807) is 12.1 Å². The molecule has 0 bridgehead atoms. The van der Waals surface area contributed by atoms with E-state index in [9.17, 15) is 13.2 Å². The first kappa shape index (κ1) is 18.0. The first-order valence-electron chi connectivity index (χ1n) is 8.19. The largest absolute Gasteiger partial charge is 0.457 e. The molecule has 0 spiro atoms. The van der Waals surface area contributed by atoms with E-state index in [1.165, 1.54) is 6.07 Å². The molecule has 0 saturated heterocycles. The van der Waals surface area contributed by atoms with Crippen LogP contribution in [0.4, 0.5) is 0 Å². The van der Waals surface area contributed by atoms with Gasteiger partial charge in [-0.15, -0.1) is 0 Å². The van der Waals surface area contributed by atoms with Gasteiger partial charge in [0.15, 0.2) is 0 Å². The molecule has 0 atom stereocenters. The van der Waals surface area contributed by atoms with Crippen molar-refractivity contribution in [3.8, 4) is 11.5 Å². The first-order chi connectivity index (χ1) is 13.4. The van der Waals surface area contributed by atoms with Crippen LogP contribution in [-0.4, -0.2) is 25.1 Å². The molecule has 0 radical (unpaired) electrons. The Hall–Kier alpha value is -3.43. The number of hydrazone groups is 1. The number of rotatable bonds is 4. The summed E-state index contributed by atoms with van der Waals surface area (Å²) < 4.78 is 41.7. The smallest absolute Gasteiger partial charge is 0.328 e. The molecule has 1 aromatic heterocycles. The predicted molar refractivity (Wildman–Crippen MR) is 99.1 cm³/mol. The van der Waals surface area contributed by atoms with E-state index in [1.807, 2.05) is 36.4 Å². The van der Waals surface area contributed by atoms with Crippen molar-refractivity contribution in [2.75, 3.05) is 0 Å². The number of furan rings is 1. The minimum absolute atomic E-state index is 0.0562. The lowest BCUT2D eigenvalue weighted by Crippen LogP contribution is -2.28. The van der Waals surface area contributed by atoms with Gasteiger partial charge in [-0.05, 0) is 24.3 Å². The van der Waals surface area contributed by atoms with Crippen LogP contribution < -0.4 is 10.2 Å². The van der Waals surface area contributed by atoms with Gasteiger partial charge in [0.05, 0.1) is 12.1 Å². The quantitative estimate of drug-likeness (QED) is 0.396. The van der Waals surface area contributed by atoms with Crippen molar-refractivity contribution in [1.82, 2.24) is 5.43 Å². The molecule has 0 unspecified atom stereocenters. The predicted octanol–water partition coefficient (Wildman–Crippen LogP) is 2.91. The lowest BCUT2D eigenvalue weighted by atomic mass is 9.87. The minimum Gasteiger partial charge on any atom is -0.457 e. The second kappa shape index (κ2) is 6.95. The Labute approximate surface area is 160 Å². The van der Waals surface area contributed by atoms with E-state index >= 15 is 0 Å². The third-order valence-corrected chi connectivity index (χ3v) is 4.89. The van der Waals surface area contributed by atoms with Gasteiger partial charge in [0.25, 0.3) is 5.91 Å². The van der Waals surface area contributed by atoms with Crippen molar-refractivity contribution in [1.29, 1.82) is 0 Å². The number of hydrogen-bond acceptors (Lipinski definition) is 6. The Morgan fingerprint density at radius 1 is 1.00 bits per heavy atom. The highest BCUT2D eigenvalue weighted by Crippen LogP contribution is 2.43. The Kier molecular flexibility index (Phi) is 4.46. The molecule has 28 heavy (non-hydrogen) atoms. The molecule has 0 aliphatic carbocycles. The summed E-state index contributed by atoms with van der Waals surface area (Å²) in [4.78, 5) is 12.8. The van der Waals surface area contributed by atoms with Crippen LogP contribution in [0.15, 0.2) is 75.3 Å². The third-order valence-electron chi connectivity index (χ3n) is 4.17. The van der Waals surface area contributed by atoms with E-state index in [0.717, 1.165) is 12.3 Å². The van der Waals surface area contributed by atoms with Crippen LogP contribution in [-0.2, 0) is 14.9 Å². The maximum absolute atomic E-state index is 12.8. The highest BCUT2D eigenvalue weighted by atomic mass is 32.2. The van der Waals surface area contributed by atoms with Crippen LogP contribution in [0.2, 0.25) is 0 Å². The normalized spacial score (nSPS) is 13.6. The highest BCUT2D eigenvalue weighted by Gasteiger charge is 2.32. The molecule has 2 heterocycles. The summed E-state index contributed by atoms with van der Waals surface area (Å²) in [6.45, 7) is 0. The van der Waals surface area contributed by atoms with Gasteiger partial charge in [0, 0.05) is 11.1 Å². The van der Waals surface area contributed by atoms with Gasteiger partial charge in [-0.2, -0.15) is 13.5 Å². The van der Waals surface area contributed by atoms with Gasteiger partial charge in [-0.25, -0.2) is 5.43 Å². The fourth-order valence-electron chi connectivity index (χ4n) is 2.96. The number of carbonyl (C=O) groups excluding carboxylic acids is 1. The van der Waals surface area contributed by atoms with Crippen molar-refractivity contribution in [2.24, 2.45) is 5.10 Å². The maximum Gasteiger partial charge on any atom is 0.328 e. The van der Waals surface area contributed by atoms with Crippen LogP contribution in [0.25, 0.3) is 0 Å². The Bertz CT molecular complexity index is 1140. The summed E-state index contributed by atoms with van der Waals surface area (Å²) in [7, 11) is -4.44.